The molecule has 54 valence electrons. The molecule has 1 heterocycles. The van der Waals surface area contributed by atoms with Crippen LogP contribution in [-0.2, 0) is 0 Å². The van der Waals surface area contributed by atoms with Crippen molar-refractivity contribution < 1.29 is 0 Å². The summed E-state index contributed by atoms with van der Waals surface area (Å²) in [5.74, 6) is 0. The van der Waals surface area contributed by atoms with Crippen LogP contribution in [0.3, 0.4) is 0 Å². The molecule has 0 atom stereocenters. The fourth-order valence-electron chi connectivity index (χ4n) is 0.716. The minimum atomic E-state index is 0.540. The highest BCUT2D eigenvalue weighted by Crippen LogP contribution is 2.15. The standard InChI is InChI=1S/C6H7BrN2S/c1-3-5(7)4(2)9-6(10)8-3/h1-2H3,(H,8,9,10). The first-order valence-electron chi connectivity index (χ1n) is 2.84. The maximum Gasteiger partial charge on any atom is 0.197 e. The summed E-state index contributed by atoms with van der Waals surface area (Å²) >= 11 is 8.23. The Kier molecular flexibility index (Phi) is 2.21. The Bertz CT molecular complexity index is 279. The number of hydrogen-bond acceptors (Lipinski definition) is 2. The van der Waals surface area contributed by atoms with E-state index < -0.39 is 0 Å². The van der Waals surface area contributed by atoms with Crippen LogP contribution in [0.4, 0.5) is 0 Å². The van der Waals surface area contributed by atoms with E-state index in [0.29, 0.717) is 4.77 Å². The average Bonchev–Trinajstić information content (AvgIpc) is 1.82. The fourth-order valence-corrected chi connectivity index (χ4v) is 1.19. The van der Waals surface area contributed by atoms with Gasteiger partial charge in [-0.1, -0.05) is 0 Å². The van der Waals surface area contributed by atoms with Crippen LogP contribution in [0.5, 0.6) is 0 Å². The summed E-state index contributed by atoms with van der Waals surface area (Å²) in [4.78, 5) is 6.98. The summed E-state index contributed by atoms with van der Waals surface area (Å²) < 4.78 is 1.54. The van der Waals surface area contributed by atoms with Crippen molar-refractivity contribution in [2.45, 2.75) is 13.8 Å². The number of halogens is 1. The van der Waals surface area contributed by atoms with Gasteiger partial charge in [0.1, 0.15) is 0 Å². The van der Waals surface area contributed by atoms with E-state index in [1.54, 1.807) is 0 Å². The van der Waals surface area contributed by atoms with Crippen molar-refractivity contribution in [3.63, 3.8) is 0 Å². The number of H-pyrrole nitrogens is 1. The van der Waals surface area contributed by atoms with Gasteiger partial charge in [-0.15, -0.1) is 0 Å². The van der Waals surface area contributed by atoms with Crippen LogP contribution in [0.2, 0.25) is 0 Å². The summed E-state index contributed by atoms with van der Waals surface area (Å²) in [5.41, 5.74) is 1.96. The molecule has 0 fully saturated rings. The van der Waals surface area contributed by atoms with Crippen molar-refractivity contribution >= 4 is 28.1 Å². The predicted octanol–water partition coefficient (Wildman–Crippen LogP) is 2.52. The molecular weight excluding hydrogens is 212 g/mol. The van der Waals surface area contributed by atoms with Gasteiger partial charge in [-0.25, -0.2) is 4.98 Å². The van der Waals surface area contributed by atoms with Crippen LogP contribution < -0.4 is 0 Å². The van der Waals surface area contributed by atoms with Crippen molar-refractivity contribution in [1.82, 2.24) is 9.97 Å². The lowest BCUT2D eigenvalue weighted by molar-refractivity contribution is 1.01. The summed E-state index contributed by atoms with van der Waals surface area (Å²) in [6.07, 6.45) is 0. The summed E-state index contributed by atoms with van der Waals surface area (Å²) in [7, 11) is 0. The summed E-state index contributed by atoms with van der Waals surface area (Å²) in [6, 6.07) is 0. The largest absolute Gasteiger partial charge is 0.334 e. The van der Waals surface area contributed by atoms with Crippen LogP contribution in [-0.4, -0.2) is 9.97 Å². The zero-order valence-corrected chi connectivity index (χ0v) is 8.14. The molecular formula is C6H7BrN2S. The third-order valence-electron chi connectivity index (χ3n) is 1.21. The SMILES string of the molecule is Cc1nc(=S)[nH]c(C)c1Br. The molecule has 0 aliphatic carbocycles. The second-order valence-electron chi connectivity index (χ2n) is 2.07. The highest BCUT2D eigenvalue weighted by Gasteiger charge is 1.98. The highest BCUT2D eigenvalue weighted by atomic mass is 79.9. The van der Waals surface area contributed by atoms with Gasteiger partial charge in [0, 0.05) is 5.69 Å². The highest BCUT2D eigenvalue weighted by molar-refractivity contribution is 9.10. The van der Waals surface area contributed by atoms with Crippen molar-refractivity contribution in [2.75, 3.05) is 0 Å². The molecule has 0 aliphatic rings. The summed E-state index contributed by atoms with van der Waals surface area (Å²) in [5, 5.41) is 0. The van der Waals surface area contributed by atoms with Gasteiger partial charge in [-0.3, -0.25) is 0 Å². The number of nitrogens with zero attached hydrogens (tertiary/aromatic N) is 1. The molecule has 0 saturated heterocycles. The van der Waals surface area contributed by atoms with Crippen LogP contribution in [0.25, 0.3) is 0 Å². The lowest BCUT2D eigenvalue weighted by atomic mass is 10.4. The van der Waals surface area contributed by atoms with E-state index in [2.05, 4.69) is 25.9 Å². The molecule has 4 heteroatoms. The van der Waals surface area contributed by atoms with Gasteiger partial charge in [0.05, 0.1) is 10.2 Å². The minimum Gasteiger partial charge on any atom is -0.334 e. The third kappa shape index (κ3) is 1.44. The lowest BCUT2D eigenvalue weighted by Gasteiger charge is -1.99. The Balaban J connectivity index is 3.46. The Morgan fingerprint density at radius 1 is 1.50 bits per heavy atom. The van der Waals surface area contributed by atoms with E-state index in [1.807, 2.05) is 13.8 Å². The van der Waals surface area contributed by atoms with Gasteiger partial charge in [0.2, 0.25) is 0 Å². The molecule has 0 radical (unpaired) electrons. The normalized spacial score (nSPS) is 9.90. The number of nitrogens with one attached hydrogen (secondary N) is 1. The molecule has 1 rings (SSSR count). The van der Waals surface area contributed by atoms with Gasteiger partial charge in [-0.2, -0.15) is 0 Å². The van der Waals surface area contributed by atoms with Gasteiger partial charge in [0.25, 0.3) is 0 Å². The molecule has 0 bridgehead atoms. The fraction of sp³-hybridized carbons (Fsp3) is 0.333. The van der Waals surface area contributed by atoms with Gasteiger partial charge < -0.3 is 4.98 Å². The number of aromatic amines is 1. The van der Waals surface area contributed by atoms with Crippen LogP contribution >= 0.6 is 28.1 Å². The molecule has 1 aromatic rings. The number of aryl methyl sites for hydroxylation is 2. The molecule has 0 saturated carbocycles. The van der Waals surface area contributed by atoms with Crippen molar-refractivity contribution in [2.24, 2.45) is 0 Å². The Morgan fingerprint density at radius 2 is 2.10 bits per heavy atom. The van der Waals surface area contributed by atoms with Crippen LogP contribution in [0.15, 0.2) is 4.47 Å². The van der Waals surface area contributed by atoms with E-state index in [9.17, 15) is 0 Å². The second-order valence-corrected chi connectivity index (χ2v) is 3.25. The monoisotopic (exact) mass is 218 g/mol. The molecule has 0 aliphatic heterocycles. The topological polar surface area (TPSA) is 28.7 Å². The molecule has 2 nitrogen and oxygen atoms in total. The van der Waals surface area contributed by atoms with E-state index >= 15 is 0 Å². The maximum absolute atomic E-state index is 4.86. The van der Waals surface area contributed by atoms with Gasteiger partial charge >= 0.3 is 0 Å². The first-order chi connectivity index (χ1) is 4.61. The summed E-state index contributed by atoms with van der Waals surface area (Å²) in [6.45, 7) is 3.87. The van der Waals surface area contributed by atoms with Gasteiger partial charge in [0.15, 0.2) is 4.77 Å². The molecule has 1 N–H and O–H groups in total. The number of hydrogen-bond donors (Lipinski definition) is 1. The number of rotatable bonds is 0. The molecule has 0 aromatic carbocycles. The second kappa shape index (κ2) is 2.80. The van der Waals surface area contributed by atoms with E-state index in [4.69, 9.17) is 12.2 Å². The van der Waals surface area contributed by atoms with Crippen LogP contribution in [0, 0.1) is 18.6 Å². The maximum atomic E-state index is 4.86. The minimum absolute atomic E-state index is 0.540. The number of aromatic nitrogens is 2. The first kappa shape index (κ1) is 7.88. The molecule has 10 heavy (non-hydrogen) atoms. The Morgan fingerprint density at radius 3 is 2.60 bits per heavy atom. The Hall–Kier alpha value is -0.220. The Labute approximate surface area is 72.8 Å². The van der Waals surface area contributed by atoms with Crippen molar-refractivity contribution in [3.05, 3.63) is 20.6 Å². The zero-order valence-electron chi connectivity index (χ0n) is 5.73. The van der Waals surface area contributed by atoms with E-state index in [0.717, 1.165) is 15.9 Å². The molecule has 0 spiro atoms. The van der Waals surface area contributed by atoms with Crippen LogP contribution in [0.1, 0.15) is 11.4 Å². The molecule has 0 unspecified atom stereocenters. The zero-order chi connectivity index (χ0) is 7.72. The third-order valence-corrected chi connectivity index (χ3v) is 2.57. The average molecular weight is 219 g/mol. The van der Waals surface area contributed by atoms with Crippen molar-refractivity contribution in [1.29, 1.82) is 0 Å². The van der Waals surface area contributed by atoms with E-state index in [-0.39, 0.29) is 0 Å². The lowest BCUT2D eigenvalue weighted by Crippen LogP contribution is -1.91. The smallest absolute Gasteiger partial charge is 0.197 e. The molecule has 0 amide bonds. The van der Waals surface area contributed by atoms with E-state index in [1.165, 1.54) is 0 Å². The predicted molar refractivity (Wildman–Crippen MR) is 46.6 cm³/mol. The van der Waals surface area contributed by atoms with Crippen molar-refractivity contribution in [3.8, 4) is 0 Å². The quantitative estimate of drug-likeness (QED) is 0.679. The first-order valence-corrected chi connectivity index (χ1v) is 4.04. The van der Waals surface area contributed by atoms with Gasteiger partial charge in [-0.05, 0) is 42.0 Å². The molecule has 1 aromatic heterocycles.